The monoisotopic (exact) mass is 496 g/mol. The summed E-state index contributed by atoms with van der Waals surface area (Å²) in [5.74, 6) is -0.867. The summed E-state index contributed by atoms with van der Waals surface area (Å²) in [7, 11) is -3.56. The van der Waals surface area contributed by atoms with Gasteiger partial charge in [-0.15, -0.1) is 0 Å². The van der Waals surface area contributed by atoms with Gasteiger partial charge in [-0.05, 0) is 61.9 Å². The molecule has 1 unspecified atom stereocenters. The molecule has 5 rings (SSSR count). The third-order valence-electron chi connectivity index (χ3n) is 7.09. The zero-order valence-corrected chi connectivity index (χ0v) is 20.4. The second kappa shape index (κ2) is 8.76. The van der Waals surface area contributed by atoms with E-state index in [0.29, 0.717) is 43.7 Å². The van der Waals surface area contributed by atoms with Gasteiger partial charge in [-0.2, -0.15) is 4.31 Å². The number of anilines is 1. The van der Waals surface area contributed by atoms with E-state index in [1.165, 1.54) is 10.4 Å². The van der Waals surface area contributed by atoms with Gasteiger partial charge in [0.15, 0.2) is 0 Å². The van der Waals surface area contributed by atoms with Crippen LogP contribution >= 0.6 is 0 Å². The molecule has 2 aromatic rings. The summed E-state index contributed by atoms with van der Waals surface area (Å²) in [5, 5.41) is 2.72. The molecule has 9 nitrogen and oxygen atoms in total. The molecule has 3 aliphatic heterocycles. The number of imide groups is 1. The van der Waals surface area contributed by atoms with Crippen molar-refractivity contribution < 1.29 is 22.8 Å². The van der Waals surface area contributed by atoms with Crippen molar-refractivity contribution >= 4 is 33.6 Å². The Bertz CT molecular complexity index is 1290. The van der Waals surface area contributed by atoms with Gasteiger partial charge in [-0.1, -0.05) is 30.3 Å². The molecule has 0 aromatic heterocycles. The summed E-state index contributed by atoms with van der Waals surface area (Å²) in [5.41, 5.74) is 0.802. The van der Waals surface area contributed by atoms with Crippen LogP contribution in [-0.4, -0.2) is 61.6 Å². The maximum Gasteiger partial charge on any atom is 0.325 e. The van der Waals surface area contributed by atoms with Gasteiger partial charge in [0, 0.05) is 25.3 Å². The third-order valence-corrected chi connectivity index (χ3v) is 8.99. The van der Waals surface area contributed by atoms with Crippen molar-refractivity contribution in [3.8, 4) is 0 Å². The first kappa shape index (κ1) is 23.5. The molecule has 3 heterocycles. The average molecular weight is 497 g/mol. The van der Waals surface area contributed by atoms with E-state index in [2.05, 4.69) is 5.32 Å². The van der Waals surface area contributed by atoms with Gasteiger partial charge in [0.25, 0.3) is 5.91 Å². The number of aryl methyl sites for hydroxylation is 1. The van der Waals surface area contributed by atoms with Gasteiger partial charge in [-0.3, -0.25) is 14.5 Å². The molecular weight excluding hydrogens is 468 g/mol. The highest BCUT2D eigenvalue weighted by atomic mass is 32.2. The Balaban J connectivity index is 1.36. The fraction of sp³-hybridized carbons (Fsp3) is 0.400. The lowest BCUT2D eigenvalue weighted by atomic mass is 9.92. The standard InChI is InChI=1S/C25H28N4O5S/c1-25(19-9-3-2-4-10-19)23(31)29(24(32)26-25)17-22(30)28-15-7-8-18-16-20(11-12-21(18)28)35(33,34)27-13-5-6-14-27/h2-4,9-12,16H,5-8,13-15,17H2,1H3,(H,26,32). The molecule has 0 saturated carbocycles. The highest BCUT2D eigenvalue weighted by Gasteiger charge is 2.49. The number of hydrogen-bond donors (Lipinski definition) is 1. The Morgan fingerprint density at radius 2 is 1.71 bits per heavy atom. The lowest BCUT2D eigenvalue weighted by Gasteiger charge is -2.31. The lowest BCUT2D eigenvalue weighted by molar-refractivity contribution is -0.134. The number of nitrogens with zero attached hydrogens (tertiary/aromatic N) is 3. The van der Waals surface area contributed by atoms with Crippen LogP contribution in [0.1, 0.15) is 37.3 Å². The first-order valence-corrected chi connectivity index (χ1v) is 13.3. The summed E-state index contributed by atoms with van der Waals surface area (Å²) in [4.78, 5) is 41.9. The zero-order chi connectivity index (χ0) is 24.8. The number of rotatable bonds is 5. The van der Waals surface area contributed by atoms with E-state index in [-0.39, 0.29) is 17.3 Å². The van der Waals surface area contributed by atoms with E-state index in [1.54, 1.807) is 48.2 Å². The topological polar surface area (TPSA) is 107 Å². The molecule has 0 bridgehead atoms. The van der Waals surface area contributed by atoms with Crippen LogP contribution in [0.4, 0.5) is 10.5 Å². The lowest BCUT2D eigenvalue weighted by Crippen LogP contribution is -2.46. The molecule has 0 spiro atoms. The zero-order valence-electron chi connectivity index (χ0n) is 19.6. The largest absolute Gasteiger partial charge is 0.325 e. The normalized spacial score (nSPS) is 22.9. The van der Waals surface area contributed by atoms with Crippen LogP contribution in [0.2, 0.25) is 0 Å². The van der Waals surface area contributed by atoms with Gasteiger partial charge in [0.2, 0.25) is 15.9 Å². The van der Waals surface area contributed by atoms with Crippen LogP contribution in [0.25, 0.3) is 0 Å². The third kappa shape index (κ3) is 4.00. The van der Waals surface area contributed by atoms with E-state index in [0.717, 1.165) is 23.3 Å². The highest BCUT2D eigenvalue weighted by Crippen LogP contribution is 2.33. The summed E-state index contributed by atoms with van der Waals surface area (Å²) in [6.45, 7) is 2.73. The first-order valence-electron chi connectivity index (χ1n) is 11.8. The van der Waals surface area contributed by atoms with Crippen molar-refractivity contribution in [3.63, 3.8) is 0 Å². The maximum atomic E-state index is 13.3. The molecular formula is C25H28N4O5S. The molecule has 35 heavy (non-hydrogen) atoms. The van der Waals surface area contributed by atoms with E-state index in [4.69, 9.17) is 0 Å². The van der Waals surface area contributed by atoms with Crippen LogP contribution in [0, 0.1) is 0 Å². The van der Waals surface area contributed by atoms with Crippen molar-refractivity contribution in [1.82, 2.24) is 14.5 Å². The fourth-order valence-electron chi connectivity index (χ4n) is 5.10. The quantitative estimate of drug-likeness (QED) is 0.639. The molecule has 3 aliphatic rings. The summed E-state index contributed by atoms with van der Waals surface area (Å²) < 4.78 is 27.4. The number of carbonyl (C=O) groups excluding carboxylic acids is 3. The van der Waals surface area contributed by atoms with E-state index in [9.17, 15) is 22.8 Å². The van der Waals surface area contributed by atoms with E-state index < -0.39 is 27.5 Å². The predicted octanol–water partition coefficient (Wildman–Crippen LogP) is 2.22. The molecule has 2 saturated heterocycles. The highest BCUT2D eigenvalue weighted by molar-refractivity contribution is 7.89. The summed E-state index contributed by atoms with van der Waals surface area (Å²) in [6, 6.07) is 13.2. The number of nitrogens with one attached hydrogen (secondary N) is 1. The Kier molecular flexibility index (Phi) is 5.88. The number of amides is 4. The van der Waals surface area contributed by atoms with Gasteiger partial charge >= 0.3 is 6.03 Å². The average Bonchev–Trinajstić information content (AvgIpc) is 3.48. The van der Waals surface area contributed by atoms with Gasteiger partial charge < -0.3 is 10.2 Å². The minimum atomic E-state index is -3.56. The van der Waals surface area contributed by atoms with Crippen LogP contribution in [0.3, 0.4) is 0 Å². The molecule has 10 heteroatoms. The molecule has 1 atom stereocenters. The van der Waals surface area contributed by atoms with Crippen LogP contribution < -0.4 is 10.2 Å². The second-order valence-electron chi connectivity index (χ2n) is 9.36. The van der Waals surface area contributed by atoms with Crippen molar-refractivity contribution in [2.24, 2.45) is 0 Å². The van der Waals surface area contributed by atoms with Crippen LogP contribution in [0.5, 0.6) is 0 Å². The van der Waals surface area contributed by atoms with E-state index in [1.807, 2.05) is 6.07 Å². The molecule has 184 valence electrons. The minimum absolute atomic E-state index is 0.236. The van der Waals surface area contributed by atoms with Crippen LogP contribution in [-0.2, 0) is 31.6 Å². The Morgan fingerprint density at radius 3 is 2.43 bits per heavy atom. The number of hydrogen-bond acceptors (Lipinski definition) is 5. The molecule has 0 aliphatic carbocycles. The summed E-state index contributed by atoms with van der Waals surface area (Å²) in [6.07, 6.45) is 3.03. The number of carbonyl (C=O) groups is 3. The molecule has 1 N–H and O–H groups in total. The van der Waals surface area contributed by atoms with Crippen molar-refractivity contribution in [2.75, 3.05) is 31.1 Å². The van der Waals surface area contributed by atoms with Gasteiger partial charge in [0.1, 0.15) is 12.1 Å². The Morgan fingerprint density at radius 1 is 1.00 bits per heavy atom. The van der Waals surface area contributed by atoms with Crippen LogP contribution in [0.15, 0.2) is 53.4 Å². The van der Waals surface area contributed by atoms with Gasteiger partial charge in [0.05, 0.1) is 4.90 Å². The molecule has 0 radical (unpaired) electrons. The molecule has 4 amide bonds. The van der Waals surface area contributed by atoms with Gasteiger partial charge in [-0.25, -0.2) is 13.2 Å². The second-order valence-corrected chi connectivity index (χ2v) is 11.3. The van der Waals surface area contributed by atoms with Crippen molar-refractivity contribution in [2.45, 2.75) is 43.0 Å². The number of benzene rings is 2. The van der Waals surface area contributed by atoms with E-state index >= 15 is 0 Å². The molecule has 2 aromatic carbocycles. The Hall–Kier alpha value is -3.24. The SMILES string of the molecule is CC1(c2ccccc2)NC(=O)N(CC(=O)N2CCCc3cc(S(=O)(=O)N4CCCC4)ccc32)C1=O. The van der Waals surface area contributed by atoms with Crippen molar-refractivity contribution in [3.05, 3.63) is 59.7 Å². The Labute approximate surface area is 204 Å². The predicted molar refractivity (Wildman–Crippen MR) is 129 cm³/mol. The summed E-state index contributed by atoms with van der Waals surface area (Å²) >= 11 is 0. The smallest absolute Gasteiger partial charge is 0.319 e. The number of fused-ring (bicyclic) bond motifs is 1. The fourth-order valence-corrected chi connectivity index (χ4v) is 6.67. The number of urea groups is 1. The number of sulfonamides is 1. The minimum Gasteiger partial charge on any atom is -0.319 e. The first-order chi connectivity index (χ1) is 16.7. The van der Waals surface area contributed by atoms with Crippen molar-refractivity contribution in [1.29, 1.82) is 0 Å². The maximum absolute atomic E-state index is 13.3. The molecule has 2 fully saturated rings.